The van der Waals surface area contributed by atoms with Gasteiger partial charge >= 0.3 is 0 Å². The Balaban J connectivity index is 3.22. The van der Waals surface area contributed by atoms with Gasteiger partial charge in [0.15, 0.2) is 0 Å². The number of pyridine rings is 1. The van der Waals surface area contributed by atoms with Crippen molar-refractivity contribution in [3.63, 3.8) is 0 Å². The quantitative estimate of drug-likeness (QED) is 0.672. The van der Waals surface area contributed by atoms with E-state index in [-0.39, 0.29) is 26.6 Å². The summed E-state index contributed by atoms with van der Waals surface area (Å²) in [6, 6.07) is 1.17. The first kappa shape index (κ1) is 11.1. The van der Waals surface area contributed by atoms with E-state index < -0.39 is 6.43 Å². The zero-order valence-electron chi connectivity index (χ0n) is 6.27. The van der Waals surface area contributed by atoms with E-state index in [1.54, 1.807) is 22.6 Å². The normalized spacial score (nSPS) is 10.9. The van der Waals surface area contributed by atoms with Gasteiger partial charge in [0.1, 0.15) is 8.85 Å². The number of halogens is 4. The first-order chi connectivity index (χ1) is 6.06. The Morgan fingerprint density at radius 3 is 2.69 bits per heavy atom. The summed E-state index contributed by atoms with van der Waals surface area (Å²) in [7, 11) is 0. The van der Waals surface area contributed by atoms with E-state index >= 15 is 0 Å². The van der Waals surface area contributed by atoms with Crippen LogP contribution < -0.4 is 0 Å². The van der Waals surface area contributed by atoms with Crippen molar-refractivity contribution >= 4 is 34.2 Å². The van der Waals surface area contributed by atoms with Crippen LogP contribution in [0.5, 0.6) is 0 Å². The van der Waals surface area contributed by atoms with E-state index in [1.807, 2.05) is 0 Å². The number of nitrogens with zero attached hydrogens (tertiary/aromatic N) is 1. The van der Waals surface area contributed by atoms with E-state index in [1.165, 1.54) is 6.07 Å². The lowest BCUT2D eigenvalue weighted by molar-refractivity contribution is 0.149. The molecule has 0 fully saturated rings. The van der Waals surface area contributed by atoms with Crippen molar-refractivity contribution in [2.24, 2.45) is 0 Å². The Hall–Kier alpha value is -0.0100. The molecule has 0 aliphatic rings. The minimum atomic E-state index is -2.60. The monoisotopic (exact) mass is 319 g/mol. The van der Waals surface area contributed by atoms with Crippen LogP contribution >= 0.6 is 34.2 Å². The Kier molecular flexibility index (Phi) is 3.81. The van der Waals surface area contributed by atoms with Gasteiger partial charge in [0.05, 0.1) is 12.2 Å². The van der Waals surface area contributed by atoms with E-state index in [2.05, 4.69) is 4.98 Å². The smallest absolute Gasteiger partial charge is 0.266 e. The lowest BCUT2D eigenvalue weighted by Gasteiger charge is -2.06. The van der Waals surface area contributed by atoms with Gasteiger partial charge in [-0.15, -0.1) is 0 Å². The lowest BCUT2D eigenvalue weighted by Crippen LogP contribution is -1.98. The topological polar surface area (TPSA) is 33.1 Å². The van der Waals surface area contributed by atoms with Crippen molar-refractivity contribution in [1.29, 1.82) is 0 Å². The van der Waals surface area contributed by atoms with Gasteiger partial charge in [0.2, 0.25) is 0 Å². The molecule has 2 nitrogen and oxygen atoms in total. The third kappa shape index (κ3) is 2.47. The SMILES string of the molecule is OCc1cc(C(F)F)c(I)nc1Cl. The first-order valence-corrected chi connectivity index (χ1v) is 4.75. The van der Waals surface area contributed by atoms with Gasteiger partial charge < -0.3 is 5.11 Å². The fraction of sp³-hybridized carbons (Fsp3) is 0.286. The standard InChI is InChI=1S/C7H5ClF2INO/c8-5-3(2-13)1-4(6(9)10)7(11)12-5/h1,6,13H,2H2. The summed E-state index contributed by atoms with van der Waals surface area (Å²) in [4.78, 5) is 3.68. The maximum Gasteiger partial charge on any atom is 0.266 e. The maximum absolute atomic E-state index is 12.3. The Bertz CT molecular complexity index is 322. The van der Waals surface area contributed by atoms with Crippen molar-refractivity contribution < 1.29 is 13.9 Å². The molecule has 0 aliphatic heterocycles. The largest absolute Gasteiger partial charge is 0.392 e. The molecular formula is C7H5ClF2INO. The molecule has 72 valence electrons. The van der Waals surface area contributed by atoms with Gasteiger partial charge in [-0.2, -0.15) is 0 Å². The van der Waals surface area contributed by atoms with Crippen LogP contribution in [0, 0.1) is 3.70 Å². The van der Waals surface area contributed by atoms with Crippen LogP contribution in [0.3, 0.4) is 0 Å². The molecule has 0 unspecified atom stereocenters. The van der Waals surface area contributed by atoms with Crippen molar-refractivity contribution in [3.8, 4) is 0 Å². The summed E-state index contributed by atoms with van der Waals surface area (Å²) < 4.78 is 24.8. The number of hydrogen-bond donors (Lipinski definition) is 1. The fourth-order valence-electron chi connectivity index (χ4n) is 0.793. The molecule has 1 N–H and O–H groups in total. The van der Waals surface area contributed by atoms with Crippen LogP contribution in [0.25, 0.3) is 0 Å². The summed E-state index contributed by atoms with van der Waals surface area (Å²) in [5.41, 5.74) is 0.0198. The van der Waals surface area contributed by atoms with Crippen molar-refractivity contribution in [2.75, 3.05) is 0 Å². The molecule has 0 spiro atoms. The summed E-state index contributed by atoms with van der Waals surface area (Å²) in [5, 5.41) is 8.81. The number of aromatic nitrogens is 1. The van der Waals surface area contributed by atoms with E-state index in [0.29, 0.717) is 0 Å². The molecule has 0 saturated heterocycles. The number of rotatable bonds is 2. The number of alkyl halides is 2. The third-order valence-electron chi connectivity index (χ3n) is 1.43. The van der Waals surface area contributed by atoms with Crippen molar-refractivity contribution in [2.45, 2.75) is 13.0 Å². The fourth-order valence-corrected chi connectivity index (χ4v) is 1.77. The zero-order valence-corrected chi connectivity index (χ0v) is 9.18. The molecule has 0 aliphatic carbocycles. The average Bonchev–Trinajstić information content (AvgIpc) is 2.03. The molecule has 1 aromatic heterocycles. The average molecular weight is 319 g/mol. The second-order valence-electron chi connectivity index (χ2n) is 2.28. The minimum Gasteiger partial charge on any atom is -0.392 e. The molecule has 1 heterocycles. The first-order valence-electron chi connectivity index (χ1n) is 3.30. The van der Waals surface area contributed by atoms with Crippen molar-refractivity contribution in [3.05, 3.63) is 26.0 Å². The molecular weight excluding hydrogens is 314 g/mol. The van der Waals surface area contributed by atoms with Crippen LogP contribution in [-0.2, 0) is 6.61 Å². The zero-order chi connectivity index (χ0) is 10.0. The Morgan fingerprint density at radius 1 is 1.62 bits per heavy atom. The highest BCUT2D eigenvalue weighted by atomic mass is 127. The Labute approximate surface area is 92.1 Å². The highest BCUT2D eigenvalue weighted by Crippen LogP contribution is 2.27. The molecule has 0 atom stereocenters. The molecule has 0 radical (unpaired) electrons. The number of aliphatic hydroxyl groups excluding tert-OH is 1. The van der Waals surface area contributed by atoms with Crippen molar-refractivity contribution in [1.82, 2.24) is 4.98 Å². The van der Waals surface area contributed by atoms with E-state index in [0.717, 1.165) is 0 Å². The van der Waals surface area contributed by atoms with Crippen LogP contribution in [0.2, 0.25) is 5.15 Å². The molecule has 1 rings (SSSR count). The van der Waals surface area contributed by atoms with E-state index in [9.17, 15) is 8.78 Å². The molecule has 13 heavy (non-hydrogen) atoms. The highest BCUT2D eigenvalue weighted by molar-refractivity contribution is 14.1. The Morgan fingerprint density at radius 2 is 2.23 bits per heavy atom. The van der Waals surface area contributed by atoms with Crippen LogP contribution in [0.4, 0.5) is 8.78 Å². The minimum absolute atomic E-state index is 0.0660. The summed E-state index contributed by atoms with van der Waals surface area (Å²) in [6.07, 6.45) is -2.60. The van der Waals surface area contributed by atoms with Gasteiger partial charge in [-0.05, 0) is 28.7 Å². The summed E-state index contributed by atoms with van der Waals surface area (Å²) in [6.45, 7) is -0.386. The van der Waals surface area contributed by atoms with Crippen LogP contribution in [0.1, 0.15) is 17.6 Å². The molecule has 0 bridgehead atoms. The lowest BCUT2D eigenvalue weighted by atomic mass is 10.2. The predicted molar refractivity (Wildman–Crippen MR) is 52.8 cm³/mol. The van der Waals surface area contributed by atoms with Gasteiger partial charge in [0, 0.05) is 5.56 Å². The second kappa shape index (κ2) is 4.47. The summed E-state index contributed by atoms with van der Waals surface area (Å²) >= 11 is 7.26. The molecule has 6 heteroatoms. The van der Waals surface area contributed by atoms with E-state index in [4.69, 9.17) is 16.7 Å². The van der Waals surface area contributed by atoms with Crippen LogP contribution in [0.15, 0.2) is 6.07 Å². The second-order valence-corrected chi connectivity index (χ2v) is 3.66. The van der Waals surface area contributed by atoms with Gasteiger partial charge in [-0.3, -0.25) is 0 Å². The molecule has 0 amide bonds. The molecule has 0 aromatic carbocycles. The van der Waals surface area contributed by atoms with Gasteiger partial charge in [-0.25, -0.2) is 13.8 Å². The highest BCUT2D eigenvalue weighted by Gasteiger charge is 2.15. The molecule has 0 saturated carbocycles. The van der Waals surface area contributed by atoms with Crippen LogP contribution in [-0.4, -0.2) is 10.1 Å². The summed E-state index contributed by atoms with van der Waals surface area (Å²) in [5.74, 6) is 0. The maximum atomic E-state index is 12.3. The third-order valence-corrected chi connectivity index (χ3v) is 2.63. The van der Waals surface area contributed by atoms with Gasteiger partial charge in [-0.1, -0.05) is 11.6 Å². The van der Waals surface area contributed by atoms with Gasteiger partial charge in [0.25, 0.3) is 6.43 Å². The predicted octanol–water partition coefficient (Wildman–Crippen LogP) is 2.77. The number of hydrogen-bond acceptors (Lipinski definition) is 2. The number of aliphatic hydroxyl groups is 1. The molecule has 1 aromatic rings.